The number of carbonyl (C=O) groups excluding carboxylic acids is 2. The van der Waals surface area contributed by atoms with Crippen molar-refractivity contribution in [1.82, 2.24) is 19.9 Å². The van der Waals surface area contributed by atoms with E-state index in [1.807, 2.05) is 31.2 Å². The van der Waals surface area contributed by atoms with Crippen LogP contribution in [0.25, 0.3) is 0 Å². The third kappa shape index (κ3) is 3.39. The topological polar surface area (TPSA) is 157 Å². The fourth-order valence-corrected chi connectivity index (χ4v) is 3.08. The van der Waals surface area contributed by atoms with Gasteiger partial charge >= 0.3 is 0 Å². The smallest absolute Gasteiger partial charge is 0.270 e. The monoisotopic (exact) mass is 405 g/mol. The zero-order chi connectivity index (χ0) is 21.4. The van der Waals surface area contributed by atoms with Crippen LogP contribution in [0.5, 0.6) is 0 Å². The molecule has 0 aliphatic carbocycles. The van der Waals surface area contributed by atoms with E-state index in [2.05, 4.69) is 20.3 Å². The fraction of sp³-hybridized carbons (Fsp3) is 0.105. The summed E-state index contributed by atoms with van der Waals surface area (Å²) in [6, 6.07) is 11.0. The molecule has 4 rings (SSSR count). The number of imide groups is 1. The first-order valence-corrected chi connectivity index (χ1v) is 8.81. The van der Waals surface area contributed by atoms with E-state index < -0.39 is 16.7 Å². The fourth-order valence-electron chi connectivity index (χ4n) is 3.08. The standard InChI is InChI=1S/C19H15N7O4/c1-10-4-2-3-5-14(10)21-19-23-15(22-18(20)24-19)9-25-16(27)12-7-6-11(26(29)30)8-13(12)17(25)28/h2-8H,9H2,1H3,(H3,20,21,22,23,24). The number of nitro groups is 1. The Balaban J connectivity index is 1.61. The number of amides is 2. The number of aryl methyl sites for hydroxylation is 1. The van der Waals surface area contributed by atoms with Crippen molar-refractivity contribution in [3.05, 3.63) is 75.1 Å². The second-order valence-corrected chi connectivity index (χ2v) is 6.56. The molecule has 0 atom stereocenters. The molecule has 1 aromatic heterocycles. The van der Waals surface area contributed by atoms with Crippen LogP contribution in [0.2, 0.25) is 0 Å². The lowest BCUT2D eigenvalue weighted by Gasteiger charge is -2.14. The number of carbonyl (C=O) groups is 2. The number of non-ortho nitro benzene ring substituents is 1. The summed E-state index contributed by atoms with van der Waals surface area (Å²) in [7, 11) is 0. The van der Waals surface area contributed by atoms with Crippen LogP contribution in [0.4, 0.5) is 23.3 Å². The van der Waals surface area contributed by atoms with Gasteiger partial charge in [-0.15, -0.1) is 0 Å². The van der Waals surface area contributed by atoms with Crippen LogP contribution in [0.15, 0.2) is 42.5 Å². The Labute approximate surface area is 169 Å². The summed E-state index contributed by atoms with van der Waals surface area (Å²) < 4.78 is 0. The van der Waals surface area contributed by atoms with Gasteiger partial charge in [-0.05, 0) is 24.6 Å². The largest absolute Gasteiger partial charge is 0.368 e. The van der Waals surface area contributed by atoms with Crippen molar-refractivity contribution in [2.75, 3.05) is 11.1 Å². The molecule has 2 amide bonds. The van der Waals surface area contributed by atoms with Gasteiger partial charge in [-0.2, -0.15) is 15.0 Å². The van der Waals surface area contributed by atoms with Gasteiger partial charge < -0.3 is 11.1 Å². The molecule has 2 heterocycles. The van der Waals surface area contributed by atoms with E-state index in [1.165, 1.54) is 12.1 Å². The van der Waals surface area contributed by atoms with E-state index in [9.17, 15) is 19.7 Å². The first-order chi connectivity index (χ1) is 14.3. The van der Waals surface area contributed by atoms with E-state index >= 15 is 0 Å². The highest BCUT2D eigenvalue weighted by molar-refractivity contribution is 6.21. The lowest BCUT2D eigenvalue weighted by atomic mass is 10.1. The summed E-state index contributed by atoms with van der Waals surface area (Å²) in [5.41, 5.74) is 7.27. The van der Waals surface area contributed by atoms with Gasteiger partial charge in [0.25, 0.3) is 17.5 Å². The number of anilines is 3. The number of hydrogen-bond donors (Lipinski definition) is 2. The molecule has 11 nitrogen and oxygen atoms in total. The van der Waals surface area contributed by atoms with Crippen molar-refractivity contribution in [3.8, 4) is 0 Å². The summed E-state index contributed by atoms with van der Waals surface area (Å²) >= 11 is 0. The Morgan fingerprint density at radius 3 is 2.53 bits per heavy atom. The number of benzene rings is 2. The maximum Gasteiger partial charge on any atom is 0.270 e. The number of nitrogens with one attached hydrogen (secondary N) is 1. The van der Waals surface area contributed by atoms with Gasteiger partial charge in [0.05, 0.1) is 22.6 Å². The van der Waals surface area contributed by atoms with Gasteiger partial charge in [0.15, 0.2) is 5.82 Å². The van der Waals surface area contributed by atoms with Crippen molar-refractivity contribution in [1.29, 1.82) is 0 Å². The van der Waals surface area contributed by atoms with Crippen molar-refractivity contribution in [2.24, 2.45) is 0 Å². The van der Waals surface area contributed by atoms with Crippen molar-refractivity contribution in [2.45, 2.75) is 13.5 Å². The molecule has 2 aromatic carbocycles. The average Bonchev–Trinajstić information content (AvgIpc) is 2.94. The predicted octanol–water partition coefficient (Wildman–Crippen LogP) is 2.21. The number of fused-ring (bicyclic) bond motifs is 1. The highest BCUT2D eigenvalue weighted by Gasteiger charge is 2.37. The number of para-hydroxylation sites is 1. The summed E-state index contributed by atoms with van der Waals surface area (Å²) in [6.45, 7) is 1.65. The normalized spacial score (nSPS) is 12.8. The van der Waals surface area contributed by atoms with E-state index in [0.29, 0.717) is 0 Å². The maximum absolute atomic E-state index is 12.7. The molecule has 1 aliphatic rings. The zero-order valence-electron chi connectivity index (χ0n) is 15.7. The van der Waals surface area contributed by atoms with Gasteiger partial charge in [0.1, 0.15) is 0 Å². The number of nitrogens with two attached hydrogens (primary N) is 1. The minimum atomic E-state index is -0.661. The molecule has 0 bridgehead atoms. The van der Waals surface area contributed by atoms with Crippen LogP contribution < -0.4 is 11.1 Å². The van der Waals surface area contributed by atoms with Crippen molar-refractivity contribution >= 4 is 35.1 Å². The van der Waals surface area contributed by atoms with E-state index in [-0.39, 0.29) is 41.1 Å². The summed E-state index contributed by atoms with van der Waals surface area (Å²) in [5.74, 6) is -1.06. The number of nitrogen functional groups attached to an aromatic ring is 1. The number of hydrogen-bond acceptors (Lipinski definition) is 9. The van der Waals surface area contributed by atoms with Crippen LogP contribution in [0.1, 0.15) is 32.1 Å². The third-order valence-corrected chi connectivity index (χ3v) is 4.56. The molecule has 0 fully saturated rings. The molecular weight excluding hydrogens is 390 g/mol. The Morgan fingerprint density at radius 2 is 1.80 bits per heavy atom. The molecule has 3 aromatic rings. The van der Waals surface area contributed by atoms with E-state index in [0.717, 1.165) is 22.2 Å². The minimum absolute atomic E-state index is 0.0329. The second kappa shape index (κ2) is 7.20. The van der Waals surface area contributed by atoms with E-state index in [4.69, 9.17) is 5.73 Å². The molecule has 30 heavy (non-hydrogen) atoms. The summed E-state index contributed by atoms with van der Waals surface area (Å²) in [6.07, 6.45) is 0. The zero-order valence-corrected chi connectivity index (χ0v) is 15.7. The molecule has 11 heteroatoms. The number of nitrogens with zero attached hydrogens (tertiary/aromatic N) is 5. The molecule has 0 unspecified atom stereocenters. The average molecular weight is 405 g/mol. The second-order valence-electron chi connectivity index (χ2n) is 6.56. The third-order valence-electron chi connectivity index (χ3n) is 4.56. The van der Waals surface area contributed by atoms with Gasteiger partial charge in [-0.25, -0.2) is 0 Å². The van der Waals surface area contributed by atoms with Crippen LogP contribution in [-0.4, -0.2) is 36.6 Å². The van der Waals surface area contributed by atoms with Crippen LogP contribution in [-0.2, 0) is 6.54 Å². The molecular formula is C19H15N7O4. The van der Waals surface area contributed by atoms with Crippen LogP contribution >= 0.6 is 0 Å². The van der Waals surface area contributed by atoms with Crippen molar-refractivity contribution < 1.29 is 14.5 Å². The SMILES string of the molecule is Cc1ccccc1Nc1nc(N)nc(CN2C(=O)c3ccc([N+](=O)[O-])cc3C2=O)n1. The number of nitro benzene ring substituents is 1. The molecule has 0 spiro atoms. The van der Waals surface area contributed by atoms with Crippen LogP contribution in [0, 0.1) is 17.0 Å². The predicted molar refractivity (Wildman–Crippen MR) is 106 cm³/mol. The van der Waals surface area contributed by atoms with E-state index in [1.54, 1.807) is 0 Å². The Hall–Kier alpha value is -4.41. The molecule has 150 valence electrons. The first-order valence-electron chi connectivity index (χ1n) is 8.81. The van der Waals surface area contributed by atoms with Gasteiger partial charge in [-0.3, -0.25) is 24.6 Å². The minimum Gasteiger partial charge on any atom is -0.368 e. The molecule has 0 saturated carbocycles. The molecule has 3 N–H and O–H groups in total. The Bertz CT molecular complexity index is 1210. The summed E-state index contributed by atoms with van der Waals surface area (Å²) in [5, 5.41) is 14.0. The number of aromatic nitrogens is 3. The lowest BCUT2D eigenvalue weighted by molar-refractivity contribution is -0.384. The van der Waals surface area contributed by atoms with Gasteiger partial charge in [0.2, 0.25) is 11.9 Å². The maximum atomic E-state index is 12.7. The lowest BCUT2D eigenvalue weighted by Crippen LogP contribution is -2.30. The first kappa shape index (κ1) is 18.9. The van der Waals surface area contributed by atoms with Gasteiger partial charge in [-0.1, -0.05) is 18.2 Å². The highest BCUT2D eigenvalue weighted by atomic mass is 16.6. The molecule has 0 saturated heterocycles. The van der Waals surface area contributed by atoms with Crippen molar-refractivity contribution in [3.63, 3.8) is 0 Å². The Kier molecular flexibility index (Phi) is 4.54. The highest BCUT2D eigenvalue weighted by Crippen LogP contribution is 2.28. The Morgan fingerprint density at radius 1 is 1.07 bits per heavy atom. The molecule has 0 radical (unpaired) electrons. The summed E-state index contributed by atoms with van der Waals surface area (Å²) in [4.78, 5) is 48.8. The van der Waals surface area contributed by atoms with Crippen LogP contribution in [0.3, 0.4) is 0 Å². The molecule has 1 aliphatic heterocycles. The number of rotatable bonds is 5. The quantitative estimate of drug-likeness (QED) is 0.369. The van der Waals surface area contributed by atoms with Gasteiger partial charge in [0, 0.05) is 17.8 Å².